The Bertz CT molecular complexity index is 242. The maximum Gasteiger partial charge on any atom is 0.312 e. The Labute approximate surface area is 83.6 Å². The lowest BCUT2D eigenvalue weighted by molar-refractivity contribution is -0.150. The van der Waals surface area contributed by atoms with Gasteiger partial charge in [0.05, 0.1) is 0 Å². The molecule has 0 aliphatic carbocycles. The molecular formula is C9H17N3O2. The number of nitrogens with zero attached hydrogens (tertiary/aromatic N) is 1. The van der Waals surface area contributed by atoms with Gasteiger partial charge in [0.1, 0.15) is 0 Å². The lowest BCUT2D eigenvalue weighted by atomic mass is 10.1. The minimum atomic E-state index is -0.507. The number of carbonyl (C=O) groups excluding carboxylic acids is 2. The van der Waals surface area contributed by atoms with Crippen LogP contribution >= 0.6 is 0 Å². The van der Waals surface area contributed by atoms with Gasteiger partial charge in [0, 0.05) is 19.1 Å². The first-order valence-electron chi connectivity index (χ1n) is 4.85. The summed E-state index contributed by atoms with van der Waals surface area (Å²) in [7, 11) is 0. The number of nitrogens with one attached hydrogen (secondary N) is 1. The minimum absolute atomic E-state index is 0.0641. The van der Waals surface area contributed by atoms with Gasteiger partial charge in [-0.25, -0.2) is 0 Å². The molecule has 0 aromatic carbocycles. The molecule has 1 aliphatic rings. The van der Waals surface area contributed by atoms with Crippen molar-refractivity contribution in [1.82, 2.24) is 10.2 Å². The fraction of sp³-hybridized carbons (Fsp3) is 0.778. The summed E-state index contributed by atoms with van der Waals surface area (Å²) in [6.45, 7) is 5.50. The second kappa shape index (κ2) is 4.41. The van der Waals surface area contributed by atoms with Crippen LogP contribution < -0.4 is 11.1 Å². The van der Waals surface area contributed by atoms with E-state index in [-0.39, 0.29) is 12.0 Å². The van der Waals surface area contributed by atoms with E-state index in [2.05, 4.69) is 5.32 Å². The lowest BCUT2D eigenvalue weighted by Crippen LogP contribution is -2.58. The van der Waals surface area contributed by atoms with Crippen LogP contribution in [0.4, 0.5) is 0 Å². The van der Waals surface area contributed by atoms with E-state index in [1.807, 2.05) is 13.8 Å². The zero-order valence-electron chi connectivity index (χ0n) is 8.62. The largest absolute Gasteiger partial charge is 0.346 e. The molecule has 2 amide bonds. The van der Waals surface area contributed by atoms with Crippen molar-refractivity contribution >= 4 is 11.8 Å². The number of piperazine rings is 1. The molecule has 5 nitrogen and oxygen atoms in total. The second-order valence-electron chi connectivity index (χ2n) is 3.86. The van der Waals surface area contributed by atoms with Gasteiger partial charge >= 0.3 is 11.8 Å². The fourth-order valence-corrected chi connectivity index (χ4v) is 1.43. The highest BCUT2D eigenvalue weighted by molar-refractivity contribution is 6.35. The van der Waals surface area contributed by atoms with Crippen molar-refractivity contribution in [2.45, 2.75) is 19.9 Å². The van der Waals surface area contributed by atoms with Crippen LogP contribution in [-0.4, -0.2) is 42.4 Å². The molecule has 2 atom stereocenters. The van der Waals surface area contributed by atoms with Gasteiger partial charge < -0.3 is 16.0 Å². The Morgan fingerprint density at radius 2 is 2.29 bits per heavy atom. The van der Waals surface area contributed by atoms with Crippen molar-refractivity contribution in [2.24, 2.45) is 11.7 Å². The van der Waals surface area contributed by atoms with Gasteiger partial charge in [0.25, 0.3) is 0 Å². The van der Waals surface area contributed by atoms with Gasteiger partial charge in [-0.15, -0.1) is 0 Å². The smallest absolute Gasteiger partial charge is 0.312 e. The maximum absolute atomic E-state index is 11.5. The Balaban J connectivity index is 2.63. The molecule has 0 bridgehead atoms. The van der Waals surface area contributed by atoms with Crippen LogP contribution in [0.2, 0.25) is 0 Å². The van der Waals surface area contributed by atoms with E-state index in [4.69, 9.17) is 5.73 Å². The van der Waals surface area contributed by atoms with Crippen molar-refractivity contribution in [1.29, 1.82) is 0 Å². The Morgan fingerprint density at radius 1 is 1.64 bits per heavy atom. The maximum atomic E-state index is 11.5. The van der Waals surface area contributed by atoms with Crippen LogP contribution in [0.1, 0.15) is 13.8 Å². The summed E-state index contributed by atoms with van der Waals surface area (Å²) in [5.41, 5.74) is 5.48. The number of rotatable bonds is 3. The Morgan fingerprint density at radius 3 is 2.86 bits per heavy atom. The quantitative estimate of drug-likeness (QED) is 0.568. The van der Waals surface area contributed by atoms with Gasteiger partial charge in [-0.05, 0) is 19.4 Å². The highest BCUT2D eigenvalue weighted by Crippen LogP contribution is 2.07. The van der Waals surface area contributed by atoms with Crippen LogP contribution in [0.3, 0.4) is 0 Å². The molecule has 1 saturated heterocycles. The molecule has 0 aromatic heterocycles. The lowest BCUT2D eigenvalue weighted by Gasteiger charge is -2.34. The summed E-state index contributed by atoms with van der Waals surface area (Å²) < 4.78 is 0. The van der Waals surface area contributed by atoms with Gasteiger partial charge in [-0.1, -0.05) is 6.92 Å². The molecule has 5 heteroatoms. The van der Waals surface area contributed by atoms with Crippen molar-refractivity contribution < 1.29 is 9.59 Å². The average Bonchev–Trinajstić information content (AvgIpc) is 2.18. The van der Waals surface area contributed by atoms with Crippen LogP contribution in [-0.2, 0) is 9.59 Å². The van der Waals surface area contributed by atoms with Crippen LogP contribution in [0.25, 0.3) is 0 Å². The van der Waals surface area contributed by atoms with Crippen molar-refractivity contribution in [2.75, 3.05) is 19.6 Å². The van der Waals surface area contributed by atoms with Crippen molar-refractivity contribution in [3.05, 3.63) is 0 Å². The van der Waals surface area contributed by atoms with E-state index in [0.717, 1.165) is 0 Å². The first-order chi connectivity index (χ1) is 6.56. The van der Waals surface area contributed by atoms with E-state index in [1.54, 1.807) is 4.90 Å². The summed E-state index contributed by atoms with van der Waals surface area (Å²) in [4.78, 5) is 24.1. The number of nitrogens with two attached hydrogens (primary N) is 1. The van der Waals surface area contributed by atoms with E-state index < -0.39 is 11.8 Å². The third kappa shape index (κ3) is 2.23. The topological polar surface area (TPSA) is 75.4 Å². The third-order valence-electron chi connectivity index (χ3n) is 2.46. The molecule has 1 heterocycles. The third-order valence-corrected chi connectivity index (χ3v) is 2.46. The van der Waals surface area contributed by atoms with Crippen LogP contribution in [0, 0.1) is 5.92 Å². The number of amides is 2. The highest BCUT2D eigenvalue weighted by atomic mass is 16.2. The first kappa shape index (κ1) is 11.0. The van der Waals surface area contributed by atoms with Gasteiger partial charge in [-0.3, -0.25) is 9.59 Å². The van der Waals surface area contributed by atoms with E-state index >= 15 is 0 Å². The molecule has 80 valence electrons. The summed E-state index contributed by atoms with van der Waals surface area (Å²) >= 11 is 0. The molecular weight excluding hydrogens is 182 g/mol. The molecule has 14 heavy (non-hydrogen) atoms. The Hall–Kier alpha value is -1.10. The number of hydrogen-bond acceptors (Lipinski definition) is 3. The Kier molecular flexibility index (Phi) is 3.46. The SMILES string of the molecule is CC(CN)CN1C(=O)C(=O)NCC1C. The van der Waals surface area contributed by atoms with Gasteiger partial charge in [-0.2, -0.15) is 0 Å². The molecule has 0 aromatic rings. The summed E-state index contributed by atoms with van der Waals surface area (Å²) in [6, 6.07) is 0.0641. The zero-order valence-corrected chi connectivity index (χ0v) is 8.62. The zero-order chi connectivity index (χ0) is 10.7. The number of hydrogen-bond donors (Lipinski definition) is 2. The molecule has 1 aliphatic heterocycles. The second-order valence-corrected chi connectivity index (χ2v) is 3.86. The summed E-state index contributed by atoms with van der Waals surface area (Å²) in [5.74, 6) is -0.719. The van der Waals surface area contributed by atoms with Crippen molar-refractivity contribution in [3.8, 4) is 0 Å². The summed E-state index contributed by atoms with van der Waals surface area (Å²) in [6.07, 6.45) is 0. The van der Waals surface area contributed by atoms with E-state index in [1.165, 1.54) is 0 Å². The van der Waals surface area contributed by atoms with E-state index in [9.17, 15) is 9.59 Å². The molecule has 0 radical (unpaired) electrons. The molecule has 3 N–H and O–H groups in total. The monoisotopic (exact) mass is 199 g/mol. The minimum Gasteiger partial charge on any atom is -0.346 e. The van der Waals surface area contributed by atoms with Gasteiger partial charge in [0.15, 0.2) is 0 Å². The van der Waals surface area contributed by atoms with Crippen LogP contribution in [0.5, 0.6) is 0 Å². The fourth-order valence-electron chi connectivity index (χ4n) is 1.43. The average molecular weight is 199 g/mol. The standard InChI is InChI=1S/C9H17N3O2/c1-6(3-10)5-12-7(2)4-11-8(13)9(12)14/h6-7H,3-5,10H2,1-2H3,(H,11,13). The highest BCUT2D eigenvalue weighted by Gasteiger charge is 2.31. The summed E-state index contributed by atoms with van der Waals surface area (Å²) in [5, 5.41) is 2.54. The predicted molar refractivity (Wildman–Crippen MR) is 52.4 cm³/mol. The predicted octanol–water partition coefficient (Wildman–Crippen LogP) is -1.07. The van der Waals surface area contributed by atoms with Crippen molar-refractivity contribution in [3.63, 3.8) is 0 Å². The molecule has 1 fully saturated rings. The molecule has 2 unspecified atom stereocenters. The first-order valence-corrected chi connectivity index (χ1v) is 4.85. The van der Waals surface area contributed by atoms with Crippen LogP contribution in [0.15, 0.2) is 0 Å². The van der Waals surface area contributed by atoms with E-state index in [0.29, 0.717) is 19.6 Å². The molecule has 0 spiro atoms. The van der Waals surface area contributed by atoms with Gasteiger partial charge in [0.2, 0.25) is 0 Å². The number of carbonyl (C=O) groups is 2. The molecule has 0 saturated carbocycles. The molecule has 1 rings (SSSR count). The normalized spacial score (nSPS) is 24.8.